The number of aryl methyl sites for hydroxylation is 1. The van der Waals surface area contributed by atoms with Gasteiger partial charge in [-0.1, -0.05) is 12.1 Å². The molecule has 2 aromatic carbocycles. The minimum Gasteiger partial charge on any atom is -0.398 e. The highest BCUT2D eigenvalue weighted by Crippen LogP contribution is 2.20. The van der Waals surface area contributed by atoms with E-state index < -0.39 is 0 Å². The van der Waals surface area contributed by atoms with Crippen LogP contribution in [0, 0.1) is 12.7 Å². The second-order valence-electron chi connectivity index (χ2n) is 4.43. The van der Waals surface area contributed by atoms with Crippen LogP contribution in [-0.2, 0) is 0 Å². The predicted molar refractivity (Wildman–Crippen MR) is 74.7 cm³/mol. The monoisotopic (exact) mass is 258 g/mol. The van der Waals surface area contributed by atoms with E-state index in [9.17, 15) is 9.18 Å². The van der Waals surface area contributed by atoms with Gasteiger partial charge >= 0.3 is 0 Å². The van der Waals surface area contributed by atoms with Gasteiger partial charge in [0.05, 0.1) is 5.56 Å². The molecule has 0 aliphatic heterocycles. The zero-order chi connectivity index (χ0) is 14.0. The Kier molecular flexibility index (Phi) is 3.51. The van der Waals surface area contributed by atoms with Gasteiger partial charge in [-0.3, -0.25) is 4.79 Å². The van der Waals surface area contributed by atoms with E-state index >= 15 is 0 Å². The lowest BCUT2D eigenvalue weighted by atomic mass is 10.1. The molecule has 0 spiro atoms. The number of rotatable bonds is 2. The summed E-state index contributed by atoms with van der Waals surface area (Å²) in [4.78, 5) is 13.7. The van der Waals surface area contributed by atoms with Gasteiger partial charge in [0.25, 0.3) is 5.91 Å². The molecular formula is C15H15FN2O. The summed E-state index contributed by atoms with van der Waals surface area (Å²) in [5.74, 6) is -0.642. The van der Waals surface area contributed by atoms with E-state index in [0.29, 0.717) is 16.9 Å². The van der Waals surface area contributed by atoms with Gasteiger partial charge in [0, 0.05) is 18.4 Å². The first kappa shape index (κ1) is 13.1. The summed E-state index contributed by atoms with van der Waals surface area (Å²) in [6, 6.07) is 11.1. The number of nitrogen functional groups attached to an aromatic ring is 1. The molecule has 2 aromatic rings. The molecule has 0 aliphatic carbocycles. The first-order valence-corrected chi connectivity index (χ1v) is 5.89. The molecule has 0 fully saturated rings. The highest BCUT2D eigenvalue weighted by atomic mass is 19.1. The number of carbonyl (C=O) groups is 1. The third-order valence-electron chi connectivity index (χ3n) is 2.94. The summed E-state index contributed by atoms with van der Waals surface area (Å²) in [7, 11) is 1.59. The van der Waals surface area contributed by atoms with E-state index in [4.69, 9.17) is 5.73 Å². The molecule has 0 heterocycles. The van der Waals surface area contributed by atoms with Crippen LogP contribution in [0.15, 0.2) is 42.5 Å². The molecule has 2 N–H and O–H groups in total. The van der Waals surface area contributed by atoms with Crippen molar-refractivity contribution in [2.45, 2.75) is 6.92 Å². The van der Waals surface area contributed by atoms with Crippen LogP contribution < -0.4 is 10.6 Å². The first-order valence-electron chi connectivity index (χ1n) is 5.89. The van der Waals surface area contributed by atoms with Crippen LogP contribution in [0.2, 0.25) is 0 Å². The minimum atomic E-state index is -0.381. The van der Waals surface area contributed by atoms with Crippen molar-refractivity contribution in [1.29, 1.82) is 0 Å². The van der Waals surface area contributed by atoms with Crippen molar-refractivity contribution in [2.24, 2.45) is 0 Å². The quantitative estimate of drug-likeness (QED) is 0.842. The van der Waals surface area contributed by atoms with Crippen molar-refractivity contribution in [1.82, 2.24) is 0 Å². The number of carbonyl (C=O) groups excluding carboxylic acids is 1. The highest BCUT2D eigenvalue weighted by molar-refractivity contribution is 6.09. The average Bonchev–Trinajstić information content (AvgIpc) is 2.37. The number of nitrogens with zero attached hydrogens (tertiary/aromatic N) is 1. The molecule has 98 valence electrons. The number of amides is 1. The van der Waals surface area contributed by atoms with Crippen LogP contribution in [0.25, 0.3) is 0 Å². The van der Waals surface area contributed by atoms with Crippen molar-refractivity contribution in [3.63, 3.8) is 0 Å². The standard InChI is InChI=1S/C15H15FN2O/c1-10-6-7-13(14(17)8-10)15(19)18(2)12-5-3-4-11(16)9-12/h3-9H,17H2,1-2H3. The second kappa shape index (κ2) is 5.10. The van der Waals surface area contributed by atoms with Crippen molar-refractivity contribution >= 4 is 17.3 Å². The van der Waals surface area contributed by atoms with Gasteiger partial charge in [-0.25, -0.2) is 4.39 Å². The Morgan fingerprint density at radius 3 is 2.58 bits per heavy atom. The van der Waals surface area contributed by atoms with E-state index in [1.165, 1.54) is 17.0 Å². The van der Waals surface area contributed by atoms with E-state index in [1.807, 2.05) is 13.0 Å². The van der Waals surface area contributed by atoms with Crippen molar-refractivity contribution in [3.05, 3.63) is 59.4 Å². The van der Waals surface area contributed by atoms with E-state index in [0.717, 1.165) is 5.56 Å². The van der Waals surface area contributed by atoms with E-state index in [-0.39, 0.29) is 11.7 Å². The van der Waals surface area contributed by atoms with Crippen LogP contribution in [0.3, 0.4) is 0 Å². The van der Waals surface area contributed by atoms with Gasteiger partial charge in [0.2, 0.25) is 0 Å². The molecule has 0 saturated carbocycles. The van der Waals surface area contributed by atoms with Gasteiger partial charge < -0.3 is 10.6 Å². The normalized spacial score (nSPS) is 10.3. The summed E-state index contributed by atoms with van der Waals surface area (Å²) in [5.41, 5.74) is 8.16. The lowest BCUT2D eigenvalue weighted by molar-refractivity contribution is 0.0994. The average molecular weight is 258 g/mol. The van der Waals surface area contributed by atoms with Gasteiger partial charge in [-0.15, -0.1) is 0 Å². The van der Waals surface area contributed by atoms with Crippen LogP contribution in [0.1, 0.15) is 15.9 Å². The summed E-state index contributed by atoms with van der Waals surface area (Å²) < 4.78 is 13.2. The minimum absolute atomic E-state index is 0.261. The van der Waals surface area contributed by atoms with Crippen molar-refractivity contribution in [2.75, 3.05) is 17.7 Å². The summed E-state index contributed by atoms with van der Waals surface area (Å²) >= 11 is 0. The molecule has 0 unspecified atom stereocenters. The molecule has 0 atom stereocenters. The Hall–Kier alpha value is -2.36. The van der Waals surface area contributed by atoms with Crippen molar-refractivity contribution < 1.29 is 9.18 Å². The predicted octanol–water partition coefficient (Wildman–Crippen LogP) is 2.99. The van der Waals surface area contributed by atoms with E-state index in [1.54, 1.807) is 31.3 Å². The number of hydrogen-bond acceptors (Lipinski definition) is 2. The molecule has 19 heavy (non-hydrogen) atoms. The maximum absolute atomic E-state index is 13.2. The third-order valence-corrected chi connectivity index (χ3v) is 2.94. The topological polar surface area (TPSA) is 46.3 Å². The fraction of sp³-hybridized carbons (Fsp3) is 0.133. The van der Waals surface area contributed by atoms with E-state index in [2.05, 4.69) is 0 Å². The molecular weight excluding hydrogens is 243 g/mol. The molecule has 0 aliphatic rings. The Bertz CT molecular complexity index is 625. The van der Waals surface area contributed by atoms with Gasteiger partial charge in [-0.05, 0) is 42.8 Å². The second-order valence-corrected chi connectivity index (χ2v) is 4.43. The SMILES string of the molecule is Cc1ccc(C(=O)N(C)c2cccc(F)c2)c(N)c1. The van der Waals surface area contributed by atoms with Crippen LogP contribution in [0.5, 0.6) is 0 Å². The van der Waals surface area contributed by atoms with Gasteiger partial charge in [-0.2, -0.15) is 0 Å². The number of hydrogen-bond donors (Lipinski definition) is 1. The maximum atomic E-state index is 13.2. The summed E-state index contributed by atoms with van der Waals surface area (Å²) in [5, 5.41) is 0. The number of halogens is 1. The lowest BCUT2D eigenvalue weighted by Crippen LogP contribution is -2.27. The van der Waals surface area contributed by atoms with Gasteiger partial charge in [0.15, 0.2) is 0 Å². The zero-order valence-electron chi connectivity index (χ0n) is 10.9. The zero-order valence-corrected chi connectivity index (χ0v) is 10.9. The van der Waals surface area contributed by atoms with Crippen LogP contribution >= 0.6 is 0 Å². The Morgan fingerprint density at radius 2 is 1.95 bits per heavy atom. The molecule has 1 amide bonds. The van der Waals surface area contributed by atoms with Crippen LogP contribution in [0.4, 0.5) is 15.8 Å². The summed E-state index contributed by atoms with van der Waals surface area (Å²) in [6.07, 6.45) is 0. The molecule has 0 bridgehead atoms. The molecule has 0 radical (unpaired) electrons. The van der Waals surface area contributed by atoms with Crippen LogP contribution in [-0.4, -0.2) is 13.0 Å². The smallest absolute Gasteiger partial charge is 0.260 e. The van der Waals surface area contributed by atoms with Crippen molar-refractivity contribution in [3.8, 4) is 0 Å². The largest absolute Gasteiger partial charge is 0.398 e. The molecule has 0 aromatic heterocycles. The fourth-order valence-electron chi connectivity index (χ4n) is 1.86. The third kappa shape index (κ3) is 2.73. The Morgan fingerprint density at radius 1 is 1.21 bits per heavy atom. The first-order chi connectivity index (χ1) is 8.99. The number of anilines is 2. The van der Waals surface area contributed by atoms with Gasteiger partial charge in [0.1, 0.15) is 5.82 Å². The Labute approximate surface area is 111 Å². The Balaban J connectivity index is 2.33. The lowest BCUT2D eigenvalue weighted by Gasteiger charge is -2.18. The number of benzene rings is 2. The highest BCUT2D eigenvalue weighted by Gasteiger charge is 2.16. The summed E-state index contributed by atoms with van der Waals surface area (Å²) in [6.45, 7) is 1.90. The molecule has 0 saturated heterocycles. The maximum Gasteiger partial charge on any atom is 0.260 e. The fourth-order valence-corrected chi connectivity index (χ4v) is 1.86. The number of nitrogens with two attached hydrogens (primary N) is 1. The molecule has 2 rings (SSSR count). The molecule has 3 nitrogen and oxygen atoms in total. The molecule has 4 heteroatoms.